The highest BCUT2D eigenvalue weighted by molar-refractivity contribution is 6.33. The lowest BCUT2D eigenvalue weighted by Gasteiger charge is -2.08. The van der Waals surface area contributed by atoms with Crippen LogP contribution in [0.5, 0.6) is 0 Å². The van der Waals surface area contributed by atoms with Crippen LogP contribution in [0.25, 0.3) is 0 Å². The van der Waals surface area contributed by atoms with Crippen LogP contribution in [0, 0.1) is 6.92 Å². The molecule has 0 radical (unpaired) electrons. The molecule has 0 unspecified atom stereocenters. The predicted octanol–water partition coefficient (Wildman–Crippen LogP) is 1.44. The van der Waals surface area contributed by atoms with Gasteiger partial charge in [-0.1, -0.05) is 11.6 Å². The summed E-state index contributed by atoms with van der Waals surface area (Å²) in [6.45, 7) is 1.44. The number of carboxylic acid groups (broad SMARTS) is 2. The minimum atomic E-state index is -1.48. The van der Waals surface area contributed by atoms with E-state index in [9.17, 15) is 9.59 Å². The van der Waals surface area contributed by atoms with Crippen molar-refractivity contribution >= 4 is 41.6 Å². The lowest BCUT2D eigenvalue weighted by atomic mass is 10.1. The van der Waals surface area contributed by atoms with Gasteiger partial charge in [0.05, 0.1) is 11.4 Å². The molecular formula is C8H8Cl2N2O4. The maximum atomic E-state index is 10.8. The van der Waals surface area contributed by atoms with Gasteiger partial charge < -0.3 is 15.9 Å². The van der Waals surface area contributed by atoms with Gasteiger partial charge in [0.15, 0.2) is 0 Å². The van der Waals surface area contributed by atoms with Gasteiger partial charge in [-0.25, -0.2) is 14.6 Å². The molecule has 6 nitrogen and oxygen atoms in total. The number of hydrogen-bond donors (Lipinski definition) is 3. The standard InChI is InChI=1S/C8H7ClN2O4.ClH/c1-2-5(10)3(7(12)13)4(8(14)15)6(9)11-2;/h10H2,1H3,(H,12,13)(H,14,15);1H. The van der Waals surface area contributed by atoms with E-state index in [2.05, 4.69) is 4.98 Å². The molecule has 0 saturated carbocycles. The van der Waals surface area contributed by atoms with Gasteiger partial charge in [0, 0.05) is 0 Å². The number of nitrogens with two attached hydrogens (primary N) is 1. The van der Waals surface area contributed by atoms with Gasteiger partial charge in [-0.3, -0.25) is 0 Å². The highest BCUT2D eigenvalue weighted by Gasteiger charge is 2.25. The van der Waals surface area contributed by atoms with Gasteiger partial charge in [0.25, 0.3) is 0 Å². The van der Waals surface area contributed by atoms with E-state index in [0.717, 1.165) is 0 Å². The van der Waals surface area contributed by atoms with Crippen molar-refractivity contribution in [1.29, 1.82) is 0 Å². The quantitative estimate of drug-likeness (QED) is 0.698. The lowest BCUT2D eigenvalue weighted by Crippen LogP contribution is -2.14. The molecule has 0 bridgehead atoms. The average Bonchev–Trinajstić information content (AvgIpc) is 2.09. The first-order valence-corrected chi connectivity index (χ1v) is 4.16. The lowest BCUT2D eigenvalue weighted by molar-refractivity contribution is 0.0652. The molecule has 0 aromatic carbocycles. The van der Waals surface area contributed by atoms with E-state index < -0.39 is 23.1 Å². The largest absolute Gasteiger partial charge is 0.478 e. The molecule has 0 fully saturated rings. The van der Waals surface area contributed by atoms with Crippen LogP contribution in [-0.4, -0.2) is 27.1 Å². The zero-order valence-corrected chi connectivity index (χ0v) is 9.59. The third-order valence-electron chi connectivity index (χ3n) is 1.81. The van der Waals surface area contributed by atoms with Crippen molar-refractivity contribution in [2.24, 2.45) is 0 Å². The molecule has 0 saturated heterocycles. The second kappa shape index (κ2) is 5.00. The maximum absolute atomic E-state index is 10.8. The zero-order valence-electron chi connectivity index (χ0n) is 8.02. The number of aromatic carboxylic acids is 2. The van der Waals surface area contributed by atoms with Crippen molar-refractivity contribution < 1.29 is 19.8 Å². The maximum Gasteiger partial charge on any atom is 0.339 e. The molecule has 0 aliphatic rings. The van der Waals surface area contributed by atoms with Crippen LogP contribution < -0.4 is 5.73 Å². The number of hydrogen-bond acceptors (Lipinski definition) is 4. The number of nitrogen functional groups attached to an aromatic ring is 1. The first-order valence-electron chi connectivity index (χ1n) is 3.78. The van der Waals surface area contributed by atoms with Gasteiger partial charge in [0.1, 0.15) is 16.3 Å². The molecule has 4 N–H and O–H groups in total. The van der Waals surface area contributed by atoms with Crippen molar-refractivity contribution in [3.8, 4) is 0 Å². The van der Waals surface area contributed by atoms with Crippen molar-refractivity contribution in [1.82, 2.24) is 4.98 Å². The van der Waals surface area contributed by atoms with Crippen LogP contribution in [0.2, 0.25) is 5.15 Å². The molecule has 1 aromatic heterocycles. The number of carbonyl (C=O) groups is 2. The molecule has 0 aliphatic heterocycles. The van der Waals surface area contributed by atoms with Crippen molar-refractivity contribution in [3.05, 3.63) is 22.0 Å². The van der Waals surface area contributed by atoms with Crippen molar-refractivity contribution in [2.45, 2.75) is 6.92 Å². The van der Waals surface area contributed by atoms with E-state index in [4.69, 9.17) is 27.5 Å². The second-order valence-corrected chi connectivity index (χ2v) is 3.12. The minimum absolute atomic E-state index is 0. The number of carboxylic acids is 2. The van der Waals surface area contributed by atoms with E-state index in [0.29, 0.717) is 0 Å². The summed E-state index contributed by atoms with van der Waals surface area (Å²) in [5, 5.41) is 17.2. The Kier molecular flexibility index (Phi) is 4.52. The second-order valence-electron chi connectivity index (χ2n) is 2.76. The van der Waals surface area contributed by atoms with Gasteiger partial charge in [-0.2, -0.15) is 0 Å². The molecule has 1 aromatic rings. The molecule has 8 heteroatoms. The third kappa shape index (κ3) is 2.34. The normalized spacial score (nSPS) is 9.38. The molecule has 0 spiro atoms. The van der Waals surface area contributed by atoms with E-state index >= 15 is 0 Å². The van der Waals surface area contributed by atoms with Crippen molar-refractivity contribution in [2.75, 3.05) is 5.73 Å². The summed E-state index contributed by atoms with van der Waals surface area (Å²) in [5.41, 5.74) is 4.30. The van der Waals surface area contributed by atoms with Crippen LogP contribution in [-0.2, 0) is 0 Å². The number of rotatable bonds is 2. The Hall–Kier alpha value is -1.53. The summed E-state index contributed by atoms with van der Waals surface area (Å²) in [5.74, 6) is -2.92. The van der Waals surface area contributed by atoms with Crippen molar-refractivity contribution in [3.63, 3.8) is 0 Å². The third-order valence-corrected chi connectivity index (χ3v) is 2.08. The Balaban J connectivity index is 0.00000225. The Morgan fingerprint density at radius 3 is 2.06 bits per heavy atom. The summed E-state index contributed by atoms with van der Waals surface area (Å²) >= 11 is 5.53. The van der Waals surface area contributed by atoms with Gasteiger partial charge >= 0.3 is 11.9 Å². The number of halogens is 2. The summed E-state index contributed by atoms with van der Waals surface area (Å²) in [4.78, 5) is 25.2. The van der Waals surface area contributed by atoms with Gasteiger partial charge in [-0.15, -0.1) is 12.4 Å². The fourth-order valence-electron chi connectivity index (χ4n) is 1.10. The molecule has 0 aliphatic carbocycles. The van der Waals surface area contributed by atoms with E-state index in [1.54, 1.807) is 0 Å². The molecule has 16 heavy (non-hydrogen) atoms. The van der Waals surface area contributed by atoms with E-state index in [1.807, 2.05) is 0 Å². The fraction of sp³-hybridized carbons (Fsp3) is 0.125. The molecule has 88 valence electrons. The zero-order chi connectivity index (χ0) is 11.7. The first-order chi connectivity index (χ1) is 6.86. The SMILES string of the molecule is Cc1nc(Cl)c(C(=O)O)c(C(=O)O)c1N.Cl. The summed E-state index contributed by atoms with van der Waals surface area (Å²) in [6, 6.07) is 0. The van der Waals surface area contributed by atoms with Crippen LogP contribution in [0.4, 0.5) is 5.69 Å². The number of aryl methyl sites for hydroxylation is 1. The Morgan fingerprint density at radius 2 is 1.69 bits per heavy atom. The monoisotopic (exact) mass is 266 g/mol. The highest BCUT2D eigenvalue weighted by atomic mass is 35.5. The number of nitrogens with zero attached hydrogens (tertiary/aromatic N) is 1. The smallest absolute Gasteiger partial charge is 0.339 e. The van der Waals surface area contributed by atoms with E-state index in [-0.39, 0.29) is 28.9 Å². The number of aromatic nitrogens is 1. The van der Waals surface area contributed by atoms with E-state index in [1.165, 1.54) is 6.92 Å². The minimum Gasteiger partial charge on any atom is -0.478 e. The van der Waals surface area contributed by atoms with Crippen LogP contribution in [0.1, 0.15) is 26.4 Å². The predicted molar refractivity (Wildman–Crippen MR) is 59.6 cm³/mol. The van der Waals surface area contributed by atoms with Gasteiger partial charge in [0.2, 0.25) is 0 Å². The highest BCUT2D eigenvalue weighted by Crippen LogP contribution is 2.25. The Bertz CT molecular complexity index is 462. The molecule has 0 atom stereocenters. The summed E-state index contributed by atoms with van der Waals surface area (Å²) in [6.07, 6.45) is 0. The van der Waals surface area contributed by atoms with Crippen LogP contribution >= 0.6 is 24.0 Å². The first kappa shape index (κ1) is 14.5. The van der Waals surface area contributed by atoms with Crippen LogP contribution in [0.15, 0.2) is 0 Å². The molecular weight excluding hydrogens is 259 g/mol. The topological polar surface area (TPSA) is 114 Å². The summed E-state index contributed by atoms with van der Waals surface area (Å²) in [7, 11) is 0. The number of anilines is 1. The Morgan fingerprint density at radius 1 is 1.25 bits per heavy atom. The van der Waals surface area contributed by atoms with Crippen LogP contribution in [0.3, 0.4) is 0 Å². The fourth-order valence-corrected chi connectivity index (χ4v) is 1.40. The summed E-state index contributed by atoms with van der Waals surface area (Å²) < 4.78 is 0. The molecule has 1 rings (SSSR count). The average molecular weight is 267 g/mol. The Labute approximate surface area is 101 Å². The van der Waals surface area contributed by atoms with Gasteiger partial charge in [-0.05, 0) is 6.92 Å². The molecule has 0 amide bonds. The number of pyridine rings is 1. The molecule has 1 heterocycles.